The van der Waals surface area contributed by atoms with Crippen molar-refractivity contribution in [2.45, 2.75) is 26.4 Å². The van der Waals surface area contributed by atoms with Gasteiger partial charge in [0.25, 0.3) is 0 Å². The maximum atomic E-state index is 11.6. The van der Waals surface area contributed by atoms with Crippen molar-refractivity contribution < 1.29 is 9.53 Å². The molecule has 0 spiro atoms. The van der Waals surface area contributed by atoms with Crippen LogP contribution in [0.2, 0.25) is 0 Å². The summed E-state index contributed by atoms with van der Waals surface area (Å²) in [5.74, 6) is 0.135. The van der Waals surface area contributed by atoms with Gasteiger partial charge < -0.3 is 9.72 Å². The van der Waals surface area contributed by atoms with Gasteiger partial charge in [0, 0.05) is 0 Å². The lowest BCUT2D eigenvalue weighted by Crippen LogP contribution is -2.27. The lowest BCUT2D eigenvalue weighted by atomic mass is 10.2. The molecule has 0 saturated heterocycles. The number of nitrogens with zero attached hydrogens (tertiary/aromatic N) is 3. The molecule has 7 nitrogen and oxygen atoms in total. The maximum absolute atomic E-state index is 11.6. The van der Waals surface area contributed by atoms with E-state index in [0.717, 1.165) is 0 Å². The van der Waals surface area contributed by atoms with Crippen molar-refractivity contribution in [3.8, 4) is 0 Å². The van der Waals surface area contributed by atoms with Gasteiger partial charge in [0.2, 0.25) is 5.95 Å². The normalized spacial score (nSPS) is 11.6. The Morgan fingerprint density at radius 1 is 1.44 bits per heavy atom. The fourth-order valence-electron chi connectivity index (χ4n) is 1.25. The highest BCUT2D eigenvalue weighted by molar-refractivity contribution is 9.10. The molecule has 1 amide bonds. The molecule has 2 aromatic rings. The summed E-state index contributed by atoms with van der Waals surface area (Å²) in [5, 5.41) is 2.45. The Morgan fingerprint density at radius 3 is 2.83 bits per heavy atom. The van der Waals surface area contributed by atoms with Crippen LogP contribution in [0.1, 0.15) is 20.8 Å². The van der Waals surface area contributed by atoms with E-state index >= 15 is 0 Å². The molecule has 0 unspecified atom stereocenters. The van der Waals surface area contributed by atoms with E-state index in [1.807, 2.05) is 0 Å². The van der Waals surface area contributed by atoms with Crippen LogP contribution < -0.4 is 5.32 Å². The highest BCUT2D eigenvalue weighted by Crippen LogP contribution is 2.19. The number of nitrogens with one attached hydrogen (secondary N) is 2. The van der Waals surface area contributed by atoms with Crippen LogP contribution in [0.15, 0.2) is 10.9 Å². The lowest BCUT2D eigenvalue weighted by Gasteiger charge is -2.19. The van der Waals surface area contributed by atoms with Crippen molar-refractivity contribution in [3.05, 3.63) is 10.9 Å². The third-order valence-electron chi connectivity index (χ3n) is 1.85. The molecule has 2 aromatic heterocycles. The van der Waals surface area contributed by atoms with Crippen molar-refractivity contribution in [2.24, 2.45) is 0 Å². The Kier molecular flexibility index (Phi) is 3.20. The Morgan fingerprint density at radius 2 is 2.17 bits per heavy atom. The fraction of sp³-hybridized carbons (Fsp3) is 0.400. The van der Waals surface area contributed by atoms with Gasteiger partial charge in [-0.3, -0.25) is 5.32 Å². The third-order valence-corrected chi connectivity index (χ3v) is 2.43. The smallest absolute Gasteiger partial charge is 0.414 e. The largest absolute Gasteiger partial charge is 0.444 e. The van der Waals surface area contributed by atoms with Gasteiger partial charge in [-0.15, -0.1) is 0 Å². The molecular formula is C10H12BrN5O2. The Labute approximate surface area is 111 Å². The van der Waals surface area contributed by atoms with Crippen LogP contribution in [0, 0.1) is 0 Å². The van der Waals surface area contributed by atoms with Crippen LogP contribution in [0.25, 0.3) is 11.2 Å². The highest BCUT2D eigenvalue weighted by Gasteiger charge is 2.17. The van der Waals surface area contributed by atoms with Gasteiger partial charge in [0.05, 0.1) is 6.33 Å². The van der Waals surface area contributed by atoms with E-state index in [1.165, 1.54) is 6.33 Å². The number of imidazole rings is 1. The predicted molar refractivity (Wildman–Crippen MR) is 69.2 cm³/mol. The first-order valence-electron chi connectivity index (χ1n) is 5.22. The van der Waals surface area contributed by atoms with Crippen molar-refractivity contribution >= 4 is 39.1 Å². The number of hydrogen-bond donors (Lipinski definition) is 2. The second-order valence-electron chi connectivity index (χ2n) is 4.57. The van der Waals surface area contributed by atoms with E-state index in [9.17, 15) is 4.79 Å². The van der Waals surface area contributed by atoms with E-state index in [2.05, 4.69) is 41.2 Å². The lowest BCUT2D eigenvalue weighted by molar-refractivity contribution is 0.0634. The third kappa shape index (κ3) is 2.95. The van der Waals surface area contributed by atoms with E-state index in [4.69, 9.17) is 4.74 Å². The van der Waals surface area contributed by atoms with Gasteiger partial charge in [0.15, 0.2) is 5.65 Å². The van der Waals surface area contributed by atoms with Crippen molar-refractivity contribution in [3.63, 3.8) is 0 Å². The second-order valence-corrected chi connectivity index (χ2v) is 5.32. The molecule has 2 N–H and O–H groups in total. The molecule has 0 aliphatic heterocycles. The summed E-state index contributed by atoms with van der Waals surface area (Å²) in [7, 11) is 0. The number of rotatable bonds is 1. The van der Waals surface area contributed by atoms with Crippen molar-refractivity contribution in [1.82, 2.24) is 19.9 Å². The van der Waals surface area contributed by atoms with Gasteiger partial charge in [0.1, 0.15) is 15.7 Å². The molecule has 0 saturated carbocycles. The van der Waals surface area contributed by atoms with Crippen LogP contribution in [-0.2, 0) is 4.74 Å². The monoisotopic (exact) mass is 313 g/mol. The zero-order valence-corrected chi connectivity index (χ0v) is 11.7. The Bertz CT molecular complexity index is 589. The first-order valence-corrected chi connectivity index (χ1v) is 6.01. The Hall–Kier alpha value is -1.70. The van der Waals surface area contributed by atoms with E-state index in [-0.39, 0.29) is 5.95 Å². The molecule has 0 fully saturated rings. The summed E-state index contributed by atoms with van der Waals surface area (Å²) in [6, 6.07) is 0. The van der Waals surface area contributed by atoms with Gasteiger partial charge in [-0.1, -0.05) is 0 Å². The summed E-state index contributed by atoms with van der Waals surface area (Å²) in [6.07, 6.45) is 0.894. The standard InChI is InChI=1S/C10H12BrN5O2/c1-10(2,3)18-9(17)16-8-14-6(11)5-7(15-8)13-4-12-5/h4H,1-3H3,(H2,12,13,14,15,16,17). The molecule has 18 heavy (non-hydrogen) atoms. The van der Waals surface area contributed by atoms with E-state index in [0.29, 0.717) is 15.8 Å². The first kappa shape index (κ1) is 12.7. The van der Waals surface area contributed by atoms with Crippen LogP contribution in [0.3, 0.4) is 0 Å². The number of ether oxygens (including phenoxy) is 1. The van der Waals surface area contributed by atoms with E-state index < -0.39 is 11.7 Å². The molecule has 0 aliphatic carbocycles. The molecule has 0 aliphatic rings. The average molecular weight is 314 g/mol. The molecule has 8 heteroatoms. The first-order chi connectivity index (χ1) is 8.35. The van der Waals surface area contributed by atoms with Crippen LogP contribution in [0.4, 0.5) is 10.7 Å². The zero-order chi connectivity index (χ0) is 13.3. The second kappa shape index (κ2) is 4.52. The molecule has 2 heterocycles. The topological polar surface area (TPSA) is 92.8 Å². The SMILES string of the molecule is CC(C)(C)OC(=O)Nc1nc(Br)c2[nH]cnc2n1. The minimum Gasteiger partial charge on any atom is -0.444 e. The summed E-state index contributed by atoms with van der Waals surface area (Å²) in [5.41, 5.74) is 0.560. The van der Waals surface area contributed by atoms with Gasteiger partial charge in [-0.25, -0.2) is 14.8 Å². The highest BCUT2D eigenvalue weighted by atomic mass is 79.9. The zero-order valence-electron chi connectivity index (χ0n) is 10.1. The molecule has 0 aromatic carbocycles. The van der Waals surface area contributed by atoms with Gasteiger partial charge in [-0.05, 0) is 36.7 Å². The summed E-state index contributed by atoms with van der Waals surface area (Å²) in [4.78, 5) is 26.6. The average Bonchev–Trinajstić information content (AvgIpc) is 2.62. The number of hydrogen-bond acceptors (Lipinski definition) is 5. The van der Waals surface area contributed by atoms with E-state index in [1.54, 1.807) is 20.8 Å². The number of carbonyl (C=O) groups excluding carboxylic acids is 1. The molecule has 0 atom stereocenters. The van der Waals surface area contributed by atoms with Crippen LogP contribution in [-0.4, -0.2) is 31.6 Å². The van der Waals surface area contributed by atoms with Crippen LogP contribution in [0.5, 0.6) is 0 Å². The number of H-pyrrole nitrogens is 1. The number of anilines is 1. The maximum Gasteiger partial charge on any atom is 0.414 e. The predicted octanol–water partition coefficient (Wildman–Crippen LogP) is 2.46. The van der Waals surface area contributed by atoms with Gasteiger partial charge in [-0.2, -0.15) is 4.98 Å². The molecule has 0 radical (unpaired) electrons. The van der Waals surface area contributed by atoms with Crippen LogP contribution >= 0.6 is 15.9 Å². The van der Waals surface area contributed by atoms with Crippen molar-refractivity contribution in [2.75, 3.05) is 5.32 Å². The minimum atomic E-state index is -0.607. The number of aromatic amines is 1. The number of aromatic nitrogens is 4. The summed E-state index contributed by atoms with van der Waals surface area (Å²) >= 11 is 3.26. The molecule has 2 rings (SSSR count). The van der Waals surface area contributed by atoms with Gasteiger partial charge >= 0.3 is 6.09 Å². The number of fused-ring (bicyclic) bond motifs is 1. The van der Waals surface area contributed by atoms with Crippen molar-refractivity contribution in [1.29, 1.82) is 0 Å². The summed E-state index contributed by atoms with van der Waals surface area (Å²) in [6.45, 7) is 5.33. The number of carbonyl (C=O) groups is 1. The fourth-order valence-corrected chi connectivity index (χ4v) is 1.71. The number of amides is 1. The molecular weight excluding hydrogens is 302 g/mol. The quantitative estimate of drug-likeness (QED) is 0.789. The summed E-state index contributed by atoms with van der Waals surface area (Å²) < 4.78 is 5.63. The number of halogens is 1. The Balaban J connectivity index is 2.19. The molecule has 96 valence electrons. The minimum absolute atomic E-state index is 0.135. The molecule has 0 bridgehead atoms.